The van der Waals surface area contributed by atoms with Gasteiger partial charge >= 0.3 is 6.36 Å². The number of rotatable bonds is 9. The van der Waals surface area contributed by atoms with Crippen molar-refractivity contribution in [1.82, 2.24) is 15.5 Å². The number of halogens is 4. The second-order valence-corrected chi connectivity index (χ2v) is 7.16. The predicted octanol–water partition coefficient (Wildman–Crippen LogP) is 3.99. The molecule has 30 heavy (non-hydrogen) atoms. The molecular weight excluding hydrogens is 427 g/mol. The topological polar surface area (TPSA) is 86.5 Å². The molecule has 1 aliphatic carbocycles. The number of amides is 1. The fourth-order valence-corrected chi connectivity index (χ4v) is 2.85. The zero-order valence-electron chi connectivity index (χ0n) is 15.7. The molecule has 1 N–H and O–H groups in total. The van der Waals surface area contributed by atoms with Crippen molar-refractivity contribution >= 4 is 23.1 Å². The molecule has 1 amide bonds. The number of carbonyl (C=O) groups is 1. The summed E-state index contributed by atoms with van der Waals surface area (Å²) in [4.78, 5) is 16.1. The van der Waals surface area contributed by atoms with Gasteiger partial charge < -0.3 is 14.6 Å². The smallest absolute Gasteiger partial charge is 0.368 e. The summed E-state index contributed by atoms with van der Waals surface area (Å²) < 4.78 is 50.4. The molecule has 0 radical (unpaired) electrons. The lowest BCUT2D eigenvalue weighted by Crippen LogP contribution is -2.42. The van der Waals surface area contributed by atoms with Crippen LogP contribution in [-0.2, 0) is 14.3 Å². The molecule has 0 atom stereocenters. The maximum atomic E-state index is 12.0. The average Bonchev–Trinajstić information content (AvgIpc) is 3.13. The van der Waals surface area contributed by atoms with Crippen LogP contribution in [0.3, 0.4) is 0 Å². The highest BCUT2D eigenvalue weighted by Crippen LogP contribution is 2.32. The van der Waals surface area contributed by atoms with Crippen LogP contribution >= 0.6 is 11.6 Å². The van der Waals surface area contributed by atoms with Crippen molar-refractivity contribution in [2.75, 3.05) is 13.2 Å². The molecule has 11 heteroatoms. The standard InChI is InChI=1S/C19H19ClF3N3O4/c1-11(18-25-17(26-30-18)12-2-4-13(20)5-3-12)6-7-24-16(27)10-28-14-8-15(9-14)29-19(21,22)23/h2-5,14-15H,1,6-10H2,(H,24,27). The Morgan fingerprint density at radius 2 is 1.97 bits per heavy atom. The van der Waals surface area contributed by atoms with Gasteiger partial charge in [-0.05, 0) is 30.7 Å². The van der Waals surface area contributed by atoms with Gasteiger partial charge in [0.2, 0.25) is 11.7 Å². The fourth-order valence-electron chi connectivity index (χ4n) is 2.73. The molecule has 0 unspecified atom stereocenters. The van der Waals surface area contributed by atoms with Crippen LogP contribution in [0.15, 0.2) is 35.4 Å². The number of benzene rings is 1. The van der Waals surface area contributed by atoms with Crippen LogP contribution < -0.4 is 5.32 Å². The Hall–Kier alpha value is -2.43. The Morgan fingerprint density at radius 3 is 2.63 bits per heavy atom. The van der Waals surface area contributed by atoms with E-state index in [9.17, 15) is 18.0 Å². The first-order valence-electron chi connectivity index (χ1n) is 9.10. The summed E-state index contributed by atoms with van der Waals surface area (Å²) in [6.45, 7) is 3.90. The van der Waals surface area contributed by atoms with Gasteiger partial charge in [-0.3, -0.25) is 9.53 Å². The van der Waals surface area contributed by atoms with E-state index in [2.05, 4.69) is 26.8 Å². The van der Waals surface area contributed by atoms with Crippen LogP contribution in [0.2, 0.25) is 5.02 Å². The number of carbonyl (C=O) groups excluding carboxylic acids is 1. The van der Waals surface area contributed by atoms with E-state index in [-0.39, 0.29) is 37.8 Å². The van der Waals surface area contributed by atoms with E-state index in [1.165, 1.54) is 0 Å². The van der Waals surface area contributed by atoms with Gasteiger partial charge in [-0.1, -0.05) is 23.3 Å². The van der Waals surface area contributed by atoms with Gasteiger partial charge in [-0.2, -0.15) is 4.98 Å². The second-order valence-electron chi connectivity index (χ2n) is 6.72. The zero-order valence-corrected chi connectivity index (χ0v) is 16.5. The van der Waals surface area contributed by atoms with Crippen molar-refractivity contribution in [2.24, 2.45) is 0 Å². The Bertz CT molecular complexity index is 880. The predicted molar refractivity (Wildman–Crippen MR) is 101 cm³/mol. The molecule has 1 saturated carbocycles. The summed E-state index contributed by atoms with van der Waals surface area (Å²) in [6.07, 6.45) is -5.38. The van der Waals surface area contributed by atoms with Crippen LogP contribution in [0, 0.1) is 0 Å². The number of hydrogen-bond acceptors (Lipinski definition) is 6. The molecule has 0 bridgehead atoms. The Kier molecular flexibility index (Phi) is 7.11. The minimum absolute atomic E-state index is 0.108. The van der Waals surface area contributed by atoms with Crippen LogP contribution in [-0.4, -0.2) is 47.8 Å². The van der Waals surface area contributed by atoms with E-state index in [0.717, 1.165) is 5.56 Å². The van der Waals surface area contributed by atoms with Crippen LogP contribution in [0.5, 0.6) is 0 Å². The summed E-state index contributed by atoms with van der Waals surface area (Å²) in [5.74, 6) is 0.277. The Labute approximate surface area is 175 Å². The lowest BCUT2D eigenvalue weighted by molar-refractivity contribution is -0.357. The number of nitrogens with zero attached hydrogens (tertiary/aromatic N) is 2. The van der Waals surface area contributed by atoms with Gasteiger partial charge in [0.15, 0.2) is 0 Å². The van der Waals surface area contributed by atoms with Crippen LogP contribution in [0.1, 0.15) is 25.2 Å². The van der Waals surface area contributed by atoms with Gasteiger partial charge in [0.05, 0.1) is 12.2 Å². The van der Waals surface area contributed by atoms with Gasteiger partial charge in [0.1, 0.15) is 6.61 Å². The molecule has 1 aromatic carbocycles. The summed E-state index contributed by atoms with van der Waals surface area (Å²) >= 11 is 5.85. The summed E-state index contributed by atoms with van der Waals surface area (Å²) in [6, 6.07) is 6.96. The number of nitrogens with one attached hydrogen (secondary N) is 1. The van der Waals surface area contributed by atoms with Crippen molar-refractivity contribution in [3.63, 3.8) is 0 Å². The molecule has 1 fully saturated rings. The van der Waals surface area contributed by atoms with Crippen molar-refractivity contribution in [3.8, 4) is 11.4 Å². The minimum atomic E-state index is -4.65. The maximum Gasteiger partial charge on any atom is 0.522 e. The molecular formula is C19H19ClF3N3O4. The summed E-state index contributed by atoms with van der Waals surface area (Å²) in [7, 11) is 0. The van der Waals surface area contributed by atoms with Gasteiger partial charge in [0.25, 0.3) is 5.89 Å². The summed E-state index contributed by atoms with van der Waals surface area (Å²) in [5, 5.41) is 7.13. The monoisotopic (exact) mass is 445 g/mol. The van der Waals surface area contributed by atoms with Gasteiger partial charge in [-0.15, -0.1) is 13.2 Å². The Balaban J connectivity index is 1.33. The lowest BCUT2D eigenvalue weighted by atomic mass is 9.92. The van der Waals surface area contributed by atoms with E-state index in [1.807, 2.05) is 0 Å². The quantitative estimate of drug-likeness (QED) is 0.628. The molecule has 0 saturated heterocycles. The molecule has 0 aliphatic heterocycles. The van der Waals surface area contributed by atoms with Crippen LogP contribution in [0.4, 0.5) is 13.2 Å². The van der Waals surface area contributed by atoms with E-state index < -0.39 is 18.6 Å². The largest absolute Gasteiger partial charge is 0.522 e. The van der Waals surface area contributed by atoms with E-state index >= 15 is 0 Å². The maximum absolute atomic E-state index is 12.0. The molecule has 1 heterocycles. The molecule has 3 rings (SSSR count). The molecule has 2 aromatic rings. The molecule has 7 nitrogen and oxygen atoms in total. The highest BCUT2D eigenvalue weighted by Gasteiger charge is 2.40. The van der Waals surface area contributed by atoms with E-state index in [1.54, 1.807) is 24.3 Å². The van der Waals surface area contributed by atoms with Gasteiger partial charge in [-0.25, -0.2) is 0 Å². The first-order valence-corrected chi connectivity index (χ1v) is 9.48. The molecule has 1 aromatic heterocycles. The third kappa shape index (κ3) is 6.54. The van der Waals surface area contributed by atoms with Crippen molar-refractivity contribution in [2.45, 2.75) is 37.8 Å². The van der Waals surface area contributed by atoms with Crippen molar-refractivity contribution < 1.29 is 32.0 Å². The van der Waals surface area contributed by atoms with Gasteiger partial charge in [0, 0.05) is 35.5 Å². The lowest BCUT2D eigenvalue weighted by Gasteiger charge is -2.34. The highest BCUT2D eigenvalue weighted by atomic mass is 35.5. The number of ether oxygens (including phenoxy) is 2. The first-order chi connectivity index (χ1) is 14.2. The number of alkyl halides is 3. The van der Waals surface area contributed by atoms with Crippen molar-refractivity contribution in [3.05, 3.63) is 41.8 Å². The van der Waals surface area contributed by atoms with E-state index in [0.29, 0.717) is 22.8 Å². The third-order valence-electron chi connectivity index (χ3n) is 4.38. The zero-order chi connectivity index (χ0) is 21.7. The summed E-state index contributed by atoms with van der Waals surface area (Å²) in [5.41, 5.74) is 1.29. The molecule has 1 aliphatic rings. The van der Waals surface area contributed by atoms with E-state index in [4.69, 9.17) is 20.9 Å². The fraction of sp³-hybridized carbons (Fsp3) is 0.421. The number of hydrogen-bond donors (Lipinski definition) is 1. The average molecular weight is 446 g/mol. The first kappa shape index (κ1) is 22.3. The third-order valence-corrected chi connectivity index (χ3v) is 4.63. The molecule has 162 valence electrons. The second kappa shape index (κ2) is 9.59. The normalized spacial score (nSPS) is 18.7. The van der Waals surface area contributed by atoms with Crippen molar-refractivity contribution in [1.29, 1.82) is 0 Å². The Morgan fingerprint density at radius 1 is 1.27 bits per heavy atom. The SMILES string of the molecule is C=C(CCNC(=O)COC1CC(OC(F)(F)F)C1)c1nc(-c2ccc(Cl)cc2)no1. The highest BCUT2D eigenvalue weighted by molar-refractivity contribution is 6.30. The van der Waals surface area contributed by atoms with Crippen LogP contribution in [0.25, 0.3) is 17.0 Å². The minimum Gasteiger partial charge on any atom is -0.368 e. The molecule has 0 spiro atoms. The number of aromatic nitrogens is 2.